The molecule has 0 aliphatic heterocycles. The second-order valence-corrected chi connectivity index (χ2v) is 6.45. The smallest absolute Gasteiger partial charge is 0.316 e. The predicted molar refractivity (Wildman–Crippen MR) is 70.0 cm³/mol. The van der Waals surface area contributed by atoms with Gasteiger partial charge in [0.05, 0.1) is 0 Å². The molecule has 0 amide bonds. The highest BCUT2D eigenvalue weighted by Gasteiger charge is 2.30. The summed E-state index contributed by atoms with van der Waals surface area (Å²) in [5.74, 6) is -0.198. The van der Waals surface area contributed by atoms with Gasteiger partial charge in [0, 0.05) is 5.25 Å². The Hall–Kier alpha value is -0.180. The zero-order chi connectivity index (χ0) is 12.0. The molecule has 2 unspecified atom stereocenters. The van der Waals surface area contributed by atoms with Crippen LogP contribution < -0.4 is 0 Å². The molecule has 1 rings (SSSR count). The number of carboxylic acid groups (broad SMARTS) is 1. The molecule has 1 aliphatic carbocycles. The fraction of sp³-hybridized carbons (Fsp3) is 0.923. The Morgan fingerprint density at radius 3 is 2.31 bits per heavy atom. The van der Waals surface area contributed by atoms with Crippen molar-refractivity contribution in [2.24, 2.45) is 5.92 Å². The van der Waals surface area contributed by atoms with Crippen LogP contribution in [0, 0.1) is 5.92 Å². The molecule has 0 saturated heterocycles. The lowest BCUT2D eigenvalue weighted by Crippen LogP contribution is -2.28. The summed E-state index contributed by atoms with van der Waals surface area (Å²) in [6.45, 7) is 4.26. The molecule has 1 saturated carbocycles. The van der Waals surface area contributed by atoms with Crippen LogP contribution in [0.5, 0.6) is 0 Å². The largest absolute Gasteiger partial charge is 0.480 e. The van der Waals surface area contributed by atoms with Gasteiger partial charge >= 0.3 is 5.97 Å². The third kappa shape index (κ3) is 4.36. The first-order chi connectivity index (χ1) is 7.65. The Balaban J connectivity index is 2.56. The molecule has 1 N–H and O–H groups in total. The molecule has 1 aliphatic rings. The van der Waals surface area contributed by atoms with Gasteiger partial charge in [0.15, 0.2) is 0 Å². The van der Waals surface area contributed by atoms with E-state index in [-0.39, 0.29) is 5.25 Å². The maximum Gasteiger partial charge on any atom is 0.316 e. The zero-order valence-electron chi connectivity index (χ0n) is 10.4. The van der Waals surface area contributed by atoms with Gasteiger partial charge in [-0.2, -0.15) is 0 Å². The quantitative estimate of drug-likeness (QED) is 0.744. The van der Waals surface area contributed by atoms with Gasteiger partial charge in [0.2, 0.25) is 0 Å². The number of rotatable bonds is 5. The lowest BCUT2D eigenvalue weighted by atomic mass is 9.96. The van der Waals surface area contributed by atoms with Gasteiger partial charge in [-0.3, -0.25) is 4.79 Å². The van der Waals surface area contributed by atoms with Crippen molar-refractivity contribution in [3.63, 3.8) is 0 Å². The highest BCUT2D eigenvalue weighted by Crippen LogP contribution is 2.34. The maximum absolute atomic E-state index is 11.3. The van der Waals surface area contributed by atoms with Crippen molar-refractivity contribution in [2.45, 2.75) is 69.3 Å². The lowest BCUT2D eigenvalue weighted by Gasteiger charge is -2.24. The monoisotopic (exact) mass is 244 g/mol. The topological polar surface area (TPSA) is 37.3 Å². The fourth-order valence-corrected chi connectivity index (χ4v) is 3.63. The van der Waals surface area contributed by atoms with Gasteiger partial charge in [-0.1, -0.05) is 39.5 Å². The first-order valence-electron chi connectivity index (χ1n) is 6.53. The van der Waals surface area contributed by atoms with Gasteiger partial charge in [-0.25, -0.2) is 0 Å². The number of carbonyl (C=O) groups is 1. The molecule has 0 aromatic carbocycles. The molecular weight excluding hydrogens is 220 g/mol. The normalized spacial score (nSPS) is 22.4. The summed E-state index contributed by atoms with van der Waals surface area (Å²) in [6.07, 6.45) is 8.29. The van der Waals surface area contributed by atoms with Crippen molar-refractivity contribution in [1.82, 2.24) is 0 Å². The van der Waals surface area contributed by atoms with E-state index >= 15 is 0 Å². The van der Waals surface area contributed by atoms with Gasteiger partial charge in [0.25, 0.3) is 0 Å². The molecule has 1 fully saturated rings. The Morgan fingerprint density at radius 1 is 1.31 bits per heavy atom. The van der Waals surface area contributed by atoms with E-state index in [9.17, 15) is 9.90 Å². The highest BCUT2D eigenvalue weighted by atomic mass is 32.2. The van der Waals surface area contributed by atoms with Crippen LogP contribution in [-0.2, 0) is 4.79 Å². The summed E-state index contributed by atoms with van der Waals surface area (Å²) in [4.78, 5) is 11.3. The second-order valence-electron chi connectivity index (χ2n) is 4.87. The number of aliphatic carboxylic acids is 1. The van der Waals surface area contributed by atoms with Crippen molar-refractivity contribution in [2.75, 3.05) is 0 Å². The van der Waals surface area contributed by atoms with E-state index in [4.69, 9.17) is 0 Å². The second kappa shape index (κ2) is 7.21. The molecule has 0 aromatic heterocycles. The van der Waals surface area contributed by atoms with Crippen molar-refractivity contribution >= 4 is 17.7 Å². The van der Waals surface area contributed by atoms with Crippen LogP contribution in [0.25, 0.3) is 0 Å². The summed E-state index contributed by atoms with van der Waals surface area (Å²) in [5, 5.41) is 9.63. The van der Waals surface area contributed by atoms with Crippen LogP contribution in [0.1, 0.15) is 58.8 Å². The first kappa shape index (κ1) is 13.9. The molecular formula is C13H24O2S. The van der Waals surface area contributed by atoms with E-state index in [1.54, 1.807) is 11.8 Å². The summed E-state index contributed by atoms with van der Waals surface area (Å²) in [6, 6.07) is 0. The molecule has 0 heterocycles. The van der Waals surface area contributed by atoms with Crippen LogP contribution >= 0.6 is 11.8 Å². The fourth-order valence-electron chi connectivity index (χ4n) is 2.33. The average molecular weight is 244 g/mol. The van der Waals surface area contributed by atoms with Gasteiger partial charge < -0.3 is 5.11 Å². The number of thioether (sulfide) groups is 1. The van der Waals surface area contributed by atoms with E-state index in [0.717, 1.165) is 19.3 Å². The summed E-state index contributed by atoms with van der Waals surface area (Å²) in [5.41, 5.74) is 0. The molecule has 16 heavy (non-hydrogen) atoms. The van der Waals surface area contributed by atoms with Crippen molar-refractivity contribution in [3.8, 4) is 0 Å². The first-order valence-corrected chi connectivity index (χ1v) is 7.47. The SMILES string of the molecule is CCC(C)SC(C(=O)O)C1CCCCCC1. The summed E-state index contributed by atoms with van der Waals surface area (Å²) in [7, 11) is 0. The minimum absolute atomic E-state index is 0.173. The van der Waals surface area contributed by atoms with Crippen LogP contribution in [0.4, 0.5) is 0 Å². The van der Waals surface area contributed by atoms with E-state index < -0.39 is 5.97 Å². The Kier molecular flexibility index (Phi) is 6.25. The minimum atomic E-state index is -0.600. The minimum Gasteiger partial charge on any atom is -0.480 e. The van der Waals surface area contributed by atoms with Crippen LogP contribution in [0.2, 0.25) is 0 Å². The Labute approximate surface area is 103 Å². The molecule has 0 bridgehead atoms. The molecule has 0 radical (unpaired) electrons. The third-order valence-electron chi connectivity index (χ3n) is 3.53. The molecule has 94 valence electrons. The summed E-state index contributed by atoms with van der Waals surface area (Å²) < 4.78 is 0. The van der Waals surface area contributed by atoms with Gasteiger partial charge in [0.1, 0.15) is 5.25 Å². The Morgan fingerprint density at radius 2 is 1.88 bits per heavy atom. The van der Waals surface area contributed by atoms with Crippen LogP contribution in [0.15, 0.2) is 0 Å². The predicted octanol–water partition coefficient (Wildman–Crippen LogP) is 3.94. The van der Waals surface area contributed by atoms with Crippen LogP contribution in [0.3, 0.4) is 0 Å². The van der Waals surface area contributed by atoms with E-state index in [1.807, 2.05) is 0 Å². The lowest BCUT2D eigenvalue weighted by molar-refractivity contribution is -0.137. The highest BCUT2D eigenvalue weighted by molar-refractivity contribution is 8.01. The maximum atomic E-state index is 11.3. The van der Waals surface area contributed by atoms with Crippen molar-refractivity contribution in [3.05, 3.63) is 0 Å². The average Bonchev–Trinajstić information content (AvgIpc) is 2.53. The third-order valence-corrected chi connectivity index (χ3v) is 5.20. The molecule has 3 heteroatoms. The molecule has 2 atom stereocenters. The van der Waals surface area contributed by atoms with Gasteiger partial charge in [-0.05, 0) is 25.2 Å². The Bertz CT molecular complexity index is 210. The summed E-state index contributed by atoms with van der Waals surface area (Å²) >= 11 is 1.67. The van der Waals surface area contributed by atoms with Gasteiger partial charge in [-0.15, -0.1) is 11.8 Å². The standard InChI is InChI=1S/C13H24O2S/c1-3-10(2)16-12(13(14)15)11-8-6-4-5-7-9-11/h10-12H,3-9H2,1-2H3,(H,14,15). The molecule has 0 aromatic rings. The van der Waals surface area contributed by atoms with E-state index in [1.165, 1.54) is 25.7 Å². The van der Waals surface area contributed by atoms with Crippen LogP contribution in [-0.4, -0.2) is 21.6 Å². The zero-order valence-corrected chi connectivity index (χ0v) is 11.3. The van der Waals surface area contributed by atoms with E-state index in [0.29, 0.717) is 11.2 Å². The van der Waals surface area contributed by atoms with Crippen molar-refractivity contribution in [1.29, 1.82) is 0 Å². The molecule has 0 spiro atoms. The number of hydrogen-bond acceptors (Lipinski definition) is 2. The number of carboxylic acids is 1. The van der Waals surface area contributed by atoms with Crippen molar-refractivity contribution < 1.29 is 9.90 Å². The molecule has 2 nitrogen and oxygen atoms in total. The van der Waals surface area contributed by atoms with E-state index in [2.05, 4.69) is 13.8 Å². The number of hydrogen-bond donors (Lipinski definition) is 1.